The first-order valence-electron chi connectivity index (χ1n) is 9.21. The summed E-state index contributed by atoms with van der Waals surface area (Å²) in [5, 5.41) is 19.2. The van der Waals surface area contributed by atoms with E-state index in [4.69, 9.17) is 0 Å². The maximum absolute atomic E-state index is 4.67. The molecule has 140 valence electrons. The van der Waals surface area contributed by atoms with E-state index in [2.05, 4.69) is 63.9 Å². The van der Waals surface area contributed by atoms with Crippen molar-refractivity contribution in [3.05, 3.63) is 82.8 Å². The summed E-state index contributed by atoms with van der Waals surface area (Å²) in [6.07, 6.45) is 3.54. The highest BCUT2D eigenvalue weighted by Crippen LogP contribution is 2.19. The van der Waals surface area contributed by atoms with E-state index in [1.54, 1.807) is 12.4 Å². The number of hydrogen-bond donors (Lipinski definition) is 1. The molecule has 0 fully saturated rings. The molecule has 0 saturated carbocycles. The molecule has 1 N–H and O–H groups in total. The van der Waals surface area contributed by atoms with E-state index in [0.29, 0.717) is 5.82 Å². The van der Waals surface area contributed by atoms with Crippen LogP contribution in [0, 0.1) is 20.8 Å². The number of benzene rings is 2. The maximum Gasteiger partial charge on any atom is 0.176 e. The van der Waals surface area contributed by atoms with Crippen molar-refractivity contribution in [3.63, 3.8) is 0 Å². The second-order valence-electron chi connectivity index (χ2n) is 6.88. The first kappa shape index (κ1) is 17.9. The second-order valence-corrected chi connectivity index (χ2v) is 6.88. The smallest absolute Gasteiger partial charge is 0.176 e. The monoisotopic (exact) mass is 370 g/mol. The number of hydrazone groups is 1. The van der Waals surface area contributed by atoms with Crippen molar-refractivity contribution < 1.29 is 0 Å². The Morgan fingerprint density at radius 1 is 1.04 bits per heavy atom. The Morgan fingerprint density at radius 2 is 1.82 bits per heavy atom. The van der Waals surface area contributed by atoms with Crippen LogP contribution in [0.25, 0.3) is 10.8 Å². The first-order chi connectivity index (χ1) is 13.6. The molecule has 0 saturated heterocycles. The van der Waals surface area contributed by atoms with Crippen LogP contribution in [0.4, 0.5) is 5.82 Å². The summed E-state index contributed by atoms with van der Waals surface area (Å²) in [4.78, 5) is 0. The van der Waals surface area contributed by atoms with Gasteiger partial charge >= 0.3 is 0 Å². The highest BCUT2D eigenvalue weighted by Gasteiger charge is 2.10. The normalized spacial score (nSPS) is 11.4. The fourth-order valence-corrected chi connectivity index (χ4v) is 3.19. The van der Waals surface area contributed by atoms with E-state index < -0.39 is 0 Å². The molecule has 2 aromatic heterocycles. The third kappa shape index (κ3) is 3.62. The van der Waals surface area contributed by atoms with Crippen LogP contribution in [0.5, 0.6) is 0 Å². The molecule has 0 aliphatic heterocycles. The van der Waals surface area contributed by atoms with Crippen molar-refractivity contribution in [1.82, 2.24) is 20.0 Å². The minimum Gasteiger partial charge on any atom is -0.265 e. The molecule has 0 amide bonds. The molecule has 0 atom stereocenters. The Morgan fingerprint density at radius 3 is 2.64 bits per heavy atom. The van der Waals surface area contributed by atoms with E-state index in [-0.39, 0.29) is 0 Å². The standard InChI is InChI=1S/C22H22N6/c1-15-8-10-18(11-9-15)14-28-17(3)21(16(2)27-28)13-24-26-22-20-7-5-4-6-19(20)12-23-25-22/h4-13H,14H2,1-3H3,(H,25,26). The Bertz CT molecular complexity index is 1140. The third-order valence-electron chi connectivity index (χ3n) is 4.82. The minimum absolute atomic E-state index is 0.636. The number of rotatable bonds is 5. The van der Waals surface area contributed by atoms with Gasteiger partial charge in [-0.2, -0.15) is 15.3 Å². The highest BCUT2D eigenvalue weighted by atomic mass is 15.3. The van der Waals surface area contributed by atoms with Gasteiger partial charge < -0.3 is 0 Å². The lowest BCUT2D eigenvalue weighted by Gasteiger charge is -2.05. The van der Waals surface area contributed by atoms with Crippen molar-refractivity contribution in [1.29, 1.82) is 0 Å². The van der Waals surface area contributed by atoms with Crippen molar-refractivity contribution >= 4 is 22.8 Å². The quantitative estimate of drug-likeness (QED) is 0.421. The van der Waals surface area contributed by atoms with E-state index >= 15 is 0 Å². The molecular weight excluding hydrogens is 348 g/mol. The summed E-state index contributed by atoms with van der Waals surface area (Å²) in [7, 11) is 0. The van der Waals surface area contributed by atoms with Crippen LogP contribution in [0.15, 0.2) is 59.8 Å². The van der Waals surface area contributed by atoms with Gasteiger partial charge in [-0.3, -0.25) is 10.1 Å². The van der Waals surface area contributed by atoms with Crippen LogP contribution in [-0.2, 0) is 6.54 Å². The lowest BCUT2D eigenvalue weighted by atomic mass is 10.1. The average molecular weight is 370 g/mol. The average Bonchev–Trinajstić information content (AvgIpc) is 2.97. The highest BCUT2D eigenvalue weighted by molar-refractivity contribution is 5.91. The summed E-state index contributed by atoms with van der Waals surface area (Å²) in [6.45, 7) is 6.89. The molecule has 6 nitrogen and oxygen atoms in total. The van der Waals surface area contributed by atoms with Crippen LogP contribution in [0.3, 0.4) is 0 Å². The van der Waals surface area contributed by atoms with Gasteiger partial charge in [0.1, 0.15) is 0 Å². The molecule has 28 heavy (non-hydrogen) atoms. The molecule has 4 rings (SSSR count). The van der Waals surface area contributed by atoms with Crippen LogP contribution >= 0.6 is 0 Å². The van der Waals surface area contributed by atoms with Gasteiger partial charge in [-0.25, -0.2) is 0 Å². The van der Waals surface area contributed by atoms with Gasteiger partial charge in [0, 0.05) is 22.0 Å². The molecule has 6 heteroatoms. The molecule has 0 aliphatic carbocycles. The van der Waals surface area contributed by atoms with Crippen molar-refractivity contribution in [3.8, 4) is 0 Å². The number of aryl methyl sites for hydroxylation is 2. The van der Waals surface area contributed by atoms with Gasteiger partial charge in [0.25, 0.3) is 0 Å². The molecular formula is C22H22N6. The topological polar surface area (TPSA) is 68.0 Å². The number of aromatic nitrogens is 4. The Balaban J connectivity index is 1.54. The zero-order valence-electron chi connectivity index (χ0n) is 16.2. The number of nitrogens with one attached hydrogen (secondary N) is 1. The molecule has 0 spiro atoms. The lowest BCUT2D eigenvalue weighted by molar-refractivity contribution is 0.659. The summed E-state index contributed by atoms with van der Waals surface area (Å²) >= 11 is 0. The van der Waals surface area contributed by atoms with Gasteiger partial charge in [-0.15, -0.1) is 5.10 Å². The number of nitrogens with zero attached hydrogens (tertiary/aromatic N) is 5. The predicted octanol–water partition coefficient (Wildman–Crippen LogP) is 4.25. The molecule has 0 unspecified atom stereocenters. The van der Waals surface area contributed by atoms with Crippen LogP contribution in [0.1, 0.15) is 28.1 Å². The first-order valence-corrected chi connectivity index (χ1v) is 9.21. The Labute approximate surface area is 163 Å². The van der Waals surface area contributed by atoms with E-state index in [1.807, 2.05) is 35.9 Å². The van der Waals surface area contributed by atoms with Gasteiger partial charge in [0.05, 0.1) is 24.7 Å². The lowest BCUT2D eigenvalue weighted by Crippen LogP contribution is -2.04. The SMILES string of the molecule is Cc1ccc(Cn2nc(C)c(C=NNc3nncc4ccccc34)c2C)cc1. The van der Waals surface area contributed by atoms with Crippen LogP contribution < -0.4 is 5.43 Å². The molecule has 4 aromatic rings. The number of fused-ring (bicyclic) bond motifs is 1. The van der Waals surface area contributed by atoms with Crippen molar-refractivity contribution in [2.75, 3.05) is 5.43 Å². The van der Waals surface area contributed by atoms with Gasteiger partial charge in [0.15, 0.2) is 5.82 Å². The van der Waals surface area contributed by atoms with Crippen LogP contribution in [-0.4, -0.2) is 26.2 Å². The van der Waals surface area contributed by atoms with Gasteiger partial charge in [0.2, 0.25) is 0 Å². The van der Waals surface area contributed by atoms with E-state index in [1.165, 1.54) is 11.1 Å². The fourth-order valence-electron chi connectivity index (χ4n) is 3.19. The fraction of sp³-hybridized carbons (Fsp3) is 0.182. The predicted molar refractivity (Wildman–Crippen MR) is 113 cm³/mol. The number of anilines is 1. The van der Waals surface area contributed by atoms with Gasteiger partial charge in [-0.1, -0.05) is 54.1 Å². The largest absolute Gasteiger partial charge is 0.265 e. The zero-order valence-corrected chi connectivity index (χ0v) is 16.2. The van der Waals surface area contributed by atoms with Crippen molar-refractivity contribution in [2.45, 2.75) is 27.3 Å². The Kier molecular flexibility index (Phi) is 4.85. The summed E-state index contributed by atoms with van der Waals surface area (Å²) < 4.78 is 2.01. The molecule has 0 radical (unpaired) electrons. The van der Waals surface area contributed by atoms with E-state index in [0.717, 1.165) is 34.3 Å². The minimum atomic E-state index is 0.636. The van der Waals surface area contributed by atoms with Crippen molar-refractivity contribution in [2.24, 2.45) is 5.10 Å². The Hall–Kier alpha value is -3.54. The zero-order chi connectivity index (χ0) is 19.5. The number of hydrogen-bond acceptors (Lipinski definition) is 5. The molecule has 2 heterocycles. The summed E-state index contributed by atoms with van der Waals surface area (Å²) in [6, 6.07) is 16.5. The maximum atomic E-state index is 4.67. The van der Waals surface area contributed by atoms with Crippen LogP contribution in [0.2, 0.25) is 0 Å². The molecule has 0 bridgehead atoms. The second kappa shape index (κ2) is 7.60. The third-order valence-corrected chi connectivity index (χ3v) is 4.82. The molecule has 0 aliphatic rings. The van der Waals surface area contributed by atoms with E-state index in [9.17, 15) is 0 Å². The van der Waals surface area contributed by atoms with Gasteiger partial charge in [-0.05, 0) is 26.3 Å². The summed E-state index contributed by atoms with van der Waals surface area (Å²) in [5.41, 5.74) is 8.52. The molecule has 2 aromatic carbocycles. The summed E-state index contributed by atoms with van der Waals surface area (Å²) in [5.74, 6) is 0.636.